The van der Waals surface area contributed by atoms with Crippen LogP contribution < -0.4 is 0 Å². The summed E-state index contributed by atoms with van der Waals surface area (Å²) < 4.78 is 0. The van der Waals surface area contributed by atoms with Crippen molar-refractivity contribution in [1.82, 2.24) is 0 Å². The van der Waals surface area contributed by atoms with Crippen LogP contribution in [0, 0.1) is 12.8 Å². The molecule has 0 radical (unpaired) electrons. The van der Waals surface area contributed by atoms with E-state index in [1.165, 1.54) is 25.7 Å². The van der Waals surface area contributed by atoms with Gasteiger partial charge in [0.25, 0.3) is 0 Å². The fraction of sp³-hybridized carbons (Fsp3) is 0.400. The molecule has 90 valence electrons. The van der Waals surface area contributed by atoms with E-state index >= 15 is 0 Å². The maximum absolute atomic E-state index is 10.4. The van der Waals surface area contributed by atoms with Crippen molar-refractivity contribution >= 4 is 5.97 Å². The lowest BCUT2D eigenvalue weighted by atomic mass is 10.1. The third kappa shape index (κ3) is 2.96. The standard InChI is InChI=1S/C8H8O2.C7H10/c1-6-4-2-3-5-7(6)8(9)10;1-2-7-4-3-6(1)5-7/h2-5H,1H3,(H,9,10);1,7H,2-5H2. The van der Waals surface area contributed by atoms with E-state index in [1.807, 2.05) is 6.07 Å². The first-order valence-electron chi connectivity index (χ1n) is 6.13. The SMILES string of the molecule is C1=C2CCC(C1)C2.Cc1ccccc1C(=O)O. The molecule has 2 aliphatic rings. The van der Waals surface area contributed by atoms with E-state index in [0.29, 0.717) is 5.56 Å². The van der Waals surface area contributed by atoms with Crippen molar-refractivity contribution in [2.75, 3.05) is 0 Å². The van der Waals surface area contributed by atoms with Crippen LogP contribution in [0.25, 0.3) is 0 Å². The smallest absolute Gasteiger partial charge is 0.335 e. The van der Waals surface area contributed by atoms with Gasteiger partial charge < -0.3 is 5.11 Å². The van der Waals surface area contributed by atoms with Crippen LogP contribution in [0.1, 0.15) is 41.6 Å². The Bertz CT molecular complexity index is 446. The highest BCUT2D eigenvalue weighted by molar-refractivity contribution is 5.89. The molecule has 1 saturated carbocycles. The second-order valence-electron chi connectivity index (χ2n) is 4.83. The summed E-state index contributed by atoms with van der Waals surface area (Å²) in [5, 5.41) is 8.57. The summed E-state index contributed by atoms with van der Waals surface area (Å²) >= 11 is 0. The van der Waals surface area contributed by atoms with Gasteiger partial charge in [-0.2, -0.15) is 0 Å². The fourth-order valence-electron chi connectivity index (χ4n) is 2.50. The first-order valence-corrected chi connectivity index (χ1v) is 6.13. The molecule has 0 amide bonds. The number of fused-ring (bicyclic) bond motifs is 2. The zero-order valence-corrected chi connectivity index (χ0v) is 10.1. The summed E-state index contributed by atoms with van der Waals surface area (Å²) in [6, 6.07) is 6.92. The molecular weight excluding hydrogens is 212 g/mol. The van der Waals surface area contributed by atoms with Crippen LogP contribution in [0.15, 0.2) is 35.9 Å². The number of aryl methyl sites for hydroxylation is 1. The highest BCUT2D eigenvalue weighted by Gasteiger charge is 2.22. The first-order chi connectivity index (χ1) is 8.16. The van der Waals surface area contributed by atoms with Crippen LogP contribution in [0.4, 0.5) is 0 Å². The number of carboxylic acid groups (broad SMARTS) is 1. The minimum absolute atomic E-state index is 0.377. The molecule has 1 fully saturated rings. The molecule has 1 aromatic rings. The molecular formula is C15H18O2. The molecule has 0 heterocycles. The van der Waals surface area contributed by atoms with Gasteiger partial charge in [-0.25, -0.2) is 4.79 Å². The molecule has 0 aliphatic heterocycles. The maximum atomic E-state index is 10.4. The topological polar surface area (TPSA) is 37.3 Å². The van der Waals surface area contributed by atoms with Gasteiger partial charge in [0.15, 0.2) is 0 Å². The third-order valence-electron chi connectivity index (χ3n) is 3.54. The Morgan fingerprint density at radius 2 is 2.12 bits per heavy atom. The maximum Gasteiger partial charge on any atom is 0.335 e. The van der Waals surface area contributed by atoms with E-state index < -0.39 is 5.97 Å². The minimum atomic E-state index is -0.863. The molecule has 2 aliphatic carbocycles. The Morgan fingerprint density at radius 1 is 1.35 bits per heavy atom. The molecule has 2 heteroatoms. The lowest BCUT2D eigenvalue weighted by Crippen LogP contribution is -1.97. The van der Waals surface area contributed by atoms with Crippen LogP contribution in [0.5, 0.6) is 0 Å². The molecule has 0 saturated heterocycles. The number of allylic oxidation sites excluding steroid dienone is 2. The molecule has 0 spiro atoms. The van der Waals surface area contributed by atoms with Gasteiger partial charge in [-0.05, 0) is 50.2 Å². The van der Waals surface area contributed by atoms with Crippen LogP contribution >= 0.6 is 0 Å². The summed E-state index contributed by atoms with van der Waals surface area (Å²) in [7, 11) is 0. The number of carboxylic acids is 1. The number of carbonyl (C=O) groups is 1. The van der Waals surface area contributed by atoms with Gasteiger partial charge in [-0.3, -0.25) is 0 Å². The van der Waals surface area contributed by atoms with E-state index in [2.05, 4.69) is 6.08 Å². The van der Waals surface area contributed by atoms with Crippen molar-refractivity contribution in [3.05, 3.63) is 47.0 Å². The van der Waals surface area contributed by atoms with Gasteiger partial charge in [-0.15, -0.1) is 0 Å². The van der Waals surface area contributed by atoms with Gasteiger partial charge in [0.1, 0.15) is 0 Å². The predicted molar refractivity (Wildman–Crippen MR) is 68.2 cm³/mol. The molecule has 3 rings (SSSR count). The normalized spacial score (nSPS) is 20.5. The number of hydrogen-bond donors (Lipinski definition) is 1. The van der Waals surface area contributed by atoms with Crippen molar-refractivity contribution in [3.63, 3.8) is 0 Å². The summed E-state index contributed by atoms with van der Waals surface area (Å²) in [6.45, 7) is 1.78. The molecule has 17 heavy (non-hydrogen) atoms. The third-order valence-corrected chi connectivity index (χ3v) is 3.54. The lowest BCUT2D eigenvalue weighted by molar-refractivity contribution is 0.0696. The van der Waals surface area contributed by atoms with E-state index in [0.717, 1.165) is 11.5 Å². The Hall–Kier alpha value is -1.57. The Morgan fingerprint density at radius 3 is 2.41 bits per heavy atom. The van der Waals surface area contributed by atoms with Gasteiger partial charge in [0.2, 0.25) is 0 Å². The van der Waals surface area contributed by atoms with Crippen molar-refractivity contribution < 1.29 is 9.90 Å². The van der Waals surface area contributed by atoms with Crippen molar-refractivity contribution in [1.29, 1.82) is 0 Å². The highest BCUT2D eigenvalue weighted by atomic mass is 16.4. The van der Waals surface area contributed by atoms with Crippen LogP contribution in [-0.4, -0.2) is 11.1 Å². The van der Waals surface area contributed by atoms with Gasteiger partial charge >= 0.3 is 5.97 Å². The fourth-order valence-corrected chi connectivity index (χ4v) is 2.50. The summed E-state index contributed by atoms with van der Waals surface area (Å²) in [6.07, 6.45) is 8.18. The lowest BCUT2D eigenvalue weighted by Gasteiger charge is -1.98. The van der Waals surface area contributed by atoms with Crippen molar-refractivity contribution in [2.24, 2.45) is 5.92 Å². The minimum Gasteiger partial charge on any atom is -0.478 e. The molecule has 1 N–H and O–H groups in total. The van der Waals surface area contributed by atoms with Gasteiger partial charge in [0, 0.05) is 0 Å². The second kappa shape index (κ2) is 5.17. The highest BCUT2D eigenvalue weighted by Crippen LogP contribution is 2.38. The number of hydrogen-bond acceptors (Lipinski definition) is 1. The summed E-state index contributed by atoms with van der Waals surface area (Å²) in [4.78, 5) is 10.4. The molecule has 2 nitrogen and oxygen atoms in total. The Balaban J connectivity index is 0.000000134. The second-order valence-corrected chi connectivity index (χ2v) is 4.83. The van der Waals surface area contributed by atoms with E-state index in [4.69, 9.17) is 5.11 Å². The molecule has 0 aromatic heterocycles. The Labute approximate surface area is 102 Å². The molecule has 2 bridgehead atoms. The first kappa shape index (κ1) is 11.9. The molecule has 1 unspecified atom stereocenters. The van der Waals surface area contributed by atoms with Crippen molar-refractivity contribution in [3.8, 4) is 0 Å². The largest absolute Gasteiger partial charge is 0.478 e. The number of benzene rings is 1. The van der Waals surface area contributed by atoms with E-state index in [9.17, 15) is 4.79 Å². The number of rotatable bonds is 1. The Kier molecular flexibility index (Phi) is 3.62. The van der Waals surface area contributed by atoms with Crippen LogP contribution in [-0.2, 0) is 0 Å². The van der Waals surface area contributed by atoms with Crippen LogP contribution in [0.2, 0.25) is 0 Å². The quantitative estimate of drug-likeness (QED) is 0.745. The van der Waals surface area contributed by atoms with Crippen LogP contribution in [0.3, 0.4) is 0 Å². The van der Waals surface area contributed by atoms with Gasteiger partial charge in [0.05, 0.1) is 5.56 Å². The van der Waals surface area contributed by atoms with E-state index in [-0.39, 0.29) is 0 Å². The van der Waals surface area contributed by atoms with Crippen molar-refractivity contribution in [2.45, 2.75) is 32.6 Å². The molecule has 1 atom stereocenters. The zero-order chi connectivity index (χ0) is 12.3. The summed E-state index contributed by atoms with van der Waals surface area (Å²) in [5.41, 5.74) is 2.92. The predicted octanol–water partition coefficient (Wildman–Crippen LogP) is 3.81. The van der Waals surface area contributed by atoms with E-state index in [1.54, 1.807) is 30.7 Å². The average Bonchev–Trinajstić information content (AvgIpc) is 2.94. The number of aromatic carboxylic acids is 1. The average molecular weight is 230 g/mol. The van der Waals surface area contributed by atoms with Gasteiger partial charge in [-0.1, -0.05) is 29.8 Å². The monoisotopic (exact) mass is 230 g/mol. The zero-order valence-electron chi connectivity index (χ0n) is 10.1. The molecule has 1 aromatic carbocycles. The summed E-state index contributed by atoms with van der Waals surface area (Å²) in [5.74, 6) is 0.216.